The highest BCUT2D eigenvalue weighted by molar-refractivity contribution is 8.00. The number of fused-ring (bicyclic) bond motifs is 1. The summed E-state index contributed by atoms with van der Waals surface area (Å²) in [5.74, 6) is -0.340. The van der Waals surface area contributed by atoms with Crippen LogP contribution in [0.1, 0.15) is 31.5 Å². The summed E-state index contributed by atoms with van der Waals surface area (Å²) >= 11 is 1.23. The van der Waals surface area contributed by atoms with E-state index in [-0.39, 0.29) is 17.4 Å². The van der Waals surface area contributed by atoms with E-state index >= 15 is 0 Å². The van der Waals surface area contributed by atoms with Gasteiger partial charge in [-0.1, -0.05) is 11.8 Å². The molecule has 1 heterocycles. The lowest BCUT2D eigenvalue weighted by Gasteiger charge is -2.12. The molecule has 0 radical (unpaired) electrons. The van der Waals surface area contributed by atoms with Crippen LogP contribution in [0.3, 0.4) is 0 Å². The molecule has 7 nitrogen and oxygen atoms in total. The second kappa shape index (κ2) is 7.74. The molecular formula is C18H20N4O3S. The van der Waals surface area contributed by atoms with E-state index in [0.717, 1.165) is 30.5 Å². The molecule has 2 amide bonds. The molecule has 1 atom stereocenters. The molecule has 0 bridgehead atoms. The molecular weight excluding hydrogens is 352 g/mol. The van der Waals surface area contributed by atoms with Crippen molar-refractivity contribution in [3.05, 3.63) is 45.9 Å². The van der Waals surface area contributed by atoms with E-state index in [9.17, 15) is 14.4 Å². The Bertz CT molecular complexity index is 892. The Labute approximate surface area is 155 Å². The lowest BCUT2D eigenvalue weighted by atomic mass is 10.2. The van der Waals surface area contributed by atoms with Crippen LogP contribution in [0.15, 0.2) is 34.2 Å². The molecule has 1 aliphatic rings. The number of carbonyl (C=O) groups is 2. The quantitative estimate of drug-likeness (QED) is 0.552. The molecule has 1 aromatic carbocycles. The van der Waals surface area contributed by atoms with E-state index in [1.807, 2.05) is 0 Å². The number of aryl methyl sites for hydroxylation is 1. The summed E-state index contributed by atoms with van der Waals surface area (Å²) in [6, 6.07) is 6.87. The molecule has 0 fully saturated rings. The summed E-state index contributed by atoms with van der Waals surface area (Å²) < 4.78 is 0. The van der Waals surface area contributed by atoms with Crippen molar-refractivity contribution in [2.24, 2.45) is 0 Å². The average Bonchev–Trinajstić information content (AvgIpc) is 3.05. The number of amides is 2. The largest absolute Gasteiger partial charge is 0.326 e. The van der Waals surface area contributed by atoms with Crippen LogP contribution in [0.5, 0.6) is 0 Å². The lowest BCUT2D eigenvalue weighted by Crippen LogP contribution is -2.23. The Morgan fingerprint density at radius 1 is 1.15 bits per heavy atom. The number of benzene rings is 1. The van der Waals surface area contributed by atoms with Crippen LogP contribution in [0.4, 0.5) is 11.4 Å². The molecule has 2 aromatic rings. The maximum Gasteiger partial charge on any atom is 0.254 e. The molecule has 8 heteroatoms. The SMILES string of the molecule is CC(=O)Nc1ccc(NC(=O)C(C)Sc2nc3c(c(=O)[nH]2)CCC3)cc1. The maximum atomic E-state index is 12.4. The summed E-state index contributed by atoms with van der Waals surface area (Å²) in [6.07, 6.45) is 2.53. The van der Waals surface area contributed by atoms with Gasteiger partial charge in [0.2, 0.25) is 11.8 Å². The molecule has 3 N–H and O–H groups in total. The Morgan fingerprint density at radius 3 is 2.46 bits per heavy atom. The second-order valence-electron chi connectivity index (χ2n) is 6.16. The topological polar surface area (TPSA) is 104 Å². The number of carbonyl (C=O) groups excluding carboxylic acids is 2. The zero-order valence-corrected chi connectivity index (χ0v) is 15.4. The normalized spacial score (nSPS) is 13.8. The van der Waals surface area contributed by atoms with E-state index in [0.29, 0.717) is 16.5 Å². The second-order valence-corrected chi connectivity index (χ2v) is 7.49. The van der Waals surface area contributed by atoms with E-state index in [1.54, 1.807) is 31.2 Å². The van der Waals surface area contributed by atoms with Crippen LogP contribution in [-0.2, 0) is 22.4 Å². The molecule has 136 valence electrons. The predicted octanol–water partition coefficient (Wildman–Crippen LogP) is 2.34. The Morgan fingerprint density at radius 2 is 1.81 bits per heavy atom. The van der Waals surface area contributed by atoms with E-state index in [2.05, 4.69) is 20.6 Å². The van der Waals surface area contributed by atoms with Gasteiger partial charge in [0.15, 0.2) is 5.16 Å². The van der Waals surface area contributed by atoms with Gasteiger partial charge in [-0.15, -0.1) is 0 Å². The molecule has 0 spiro atoms. The van der Waals surface area contributed by atoms with Gasteiger partial charge in [0.05, 0.1) is 10.9 Å². The van der Waals surface area contributed by atoms with Crippen molar-refractivity contribution >= 4 is 35.0 Å². The van der Waals surface area contributed by atoms with E-state index in [4.69, 9.17) is 0 Å². The number of hydrogen-bond acceptors (Lipinski definition) is 5. The first kappa shape index (κ1) is 18.2. The fraction of sp³-hybridized carbons (Fsp3) is 0.333. The molecule has 1 unspecified atom stereocenters. The van der Waals surface area contributed by atoms with Gasteiger partial charge < -0.3 is 15.6 Å². The van der Waals surface area contributed by atoms with Crippen molar-refractivity contribution in [1.29, 1.82) is 0 Å². The molecule has 3 rings (SSSR count). The summed E-state index contributed by atoms with van der Waals surface area (Å²) in [5, 5.41) is 5.53. The molecule has 1 aliphatic carbocycles. The third kappa shape index (κ3) is 4.32. The van der Waals surface area contributed by atoms with Crippen LogP contribution in [0.25, 0.3) is 0 Å². The Hall–Kier alpha value is -2.61. The monoisotopic (exact) mass is 372 g/mol. The van der Waals surface area contributed by atoms with Crippen molar-refractivity contribution < 1.29 is 9.59 Å². The zero-order valence-electron chi connectivity index (χ0n) is 14.6. The highest BCUT2D eigenvalue weighted by Crippen LogP contribution is 2.23. The maximum absolute atomic E-state index is 12.4. The van der Waals surface area contributed by atoms with Gasteiger partial charge in [0.25, 0.3) is 5.56 Å². The van der Waals surface area contributed by atoms with E-state index in [1.165, 1.54) is 18.7 Å². The van der Waals surface area contributed by atoms with Crippen LogP contribution in [0, 0.1) is 0 Å². The van der Waals surface area contributed by atoms with Crippen molar-refractivity contribution in [3.8, 4) is 0 Å². The first-order chi connectivity index (χ1) is 12.4. The summed E-state index contributed by atoms with van der Waals surface area (Å²) in [6.45, 7) is 3.20. The number of thioether (sulfide) groups is 1. The zero-order chi connectivity index (χ0) is 18.7. The van der Waals surface area contributed by atoms with Gasteiger partial charge in [-0.25, -0.2) is 4.98 Å². The van der Waals surface area contributed by atoms with Crippen LogP contribution in [-0.4, -0.2) is 27.0 Å². The van der Waals surface area contributed by atoms with E-state index < -0.39 is 5.25 Å². The summed E-state index contributed by atoms with van der Waals surface area (Å²) in [5.41, 5.74) is 2.81. The summed E-state index contributed by atoms with van der Waals surface area (Å²) in [7, 11) is 0. The van der Waals surface area contributed by atoms with Gasteiger partial charge >= 0.3 is 0 Å². The molecule has 1 aromatic heterocycles. The standard InChI is InChI=1S/C18H20N4O3S/c1-10(26-18-21-15-5-3-4-14(15)17(25)22-18)16(24)20-13-8-6-12(7-9-13)19-11(2)23/h6-10H,3-5H2,1-2H3,(H,19,23)(H,20,24)(H,21,22,25). The third-order valence-corrected chi connectivity index (χ3v) is 5.03. The number of nitrogens with one attached hydrogen (secondary N) is 3. The highest BCUT2D eigenvalue weighted by atomic mass is 32.2. The Kier molecular flexibility index (Phi) is 5.41. The van der Waals surface area contributed by atoms with Gasteiger partial charge in [-0.05, 0) is 50.5 Å². The van der Waals surface area contributed by atoms with Crippen LogP contribution < -0.4 is 16.2 Å². The van der Waals surface area contributed by atoms with Crippen LogP contribution in [0.2, 0.25) is 0 Å². The molecule has 26 heavy (non-hydrogen) atoms. The average molecular weight is 372 g/mol. The third-order valence-electron chi connectivity index (χ3n) is 4.05. The fourth-order valence-electron chi connectivity index (χ4n) is 2.78. The van der Waals surface area contributed by atoms with Crippen molar-refractivity contribution in [2.45, 2.75) is 43.5 Å². The first-order valence-electron chi connectivity index (χ1n) is 8.39. The van der Waals surface area contributed by atoms with Gasteiger partial charge in [0.1, 0.15) is 0 Å². The van der Waals surface area contributed by atoms with Crippen molar-refractivity contribution in [2.75, 3.05) is 10.6 Å². The van der Waals surface area contributed by atoms with Crippen LogP contribution >= 0.6 is 11.8 Å². The minimum atomic E-state index is -0.423. The number of nitrogens with zero attached hydrogens (tertiary/aromatic N) is 1. The number of H-pyrrole nitrogens is 1. The Balaban J connectivity index is 1.62. The number of hydrogen-bond donors (Lipinski definition) is 3. The van der Waals surface area contributed by atoms with Gasteiger partial charge in [-0.3, -0.25) is 14.4 Å². The van der Waals surface area contributed by atoms with Crippen molar-refractivity contribution in [3.63, 3.8) is 0 Å². The van der Waals surface area contributed by atoms with Gasteiger partial charge in [-0.2, -0.15) is 0 Å². The number of rotatable bonds is 5. The molecule has 0 saturated heterocycles. The fourth-order valence-corrected chi connectivity index (χ4v) is 3.60. The molecule has 0 aliphatic heterocycles. The summed E-state index contributed by atoms with van der Waals surface area (Å²) in [4.78, 5) is 42.7. The minimum Gasteiger partial charge on any atom is -0.326 e. The number of anilines is 2. The number of aromatic amines is 1. The highest BCUT2D eigenvalue weighted by Gasteiger charge is 2.20. The van der Waals surface area contributed by atoms with Crippen molar-refractivity contribution in [1.82, 2.24) is 9.97 Å². The lowest BCUT2D eigenvalue weighted by molar-refractivity contribution is -0.115. The van der Waals surface area contributed by atoms with Gasteiger partial charge in [0, 0.05) is 23.9 Å². The predicted molar refractivity (Wildman–Crippen MR) is 102 cm³/mol. The smallest absolute Gasteiger partial charge is 0.254 e. The minimum absolute atomic E-state index is 0.101. The molecule has 0 saturated carbocycles. The first-order valence-corrected chi connectivity index (χ1v) is 9.27. The number of aromatic nitrogens is 2.